The quantitative estimate of drug-likeness (QED) is 0.406. The molecular weight excluding hydrogens is 168 g/mol. The maximum atomic E-state index is 9.32. The molecule has 0 unspecified atom stereocenters. The summed E-state index contributed by atoms with van der Waals surface area (Å²) in [5.41, 5.74) is 12.6. The van der Waals surface area contributed by atoms with E-state index in [4.69, 9.17) is 16.2 Å². The Balaban J connectivity index is 2.52. The second-order valence-corrected chi connectivity index (χ2v) is 3.19. The van der Waals surface area contributed by atoms with Gasteiger partial charge in [0.1, 0.15) is 11.5 Å². The molecule has 1 aliphatic heterocycles. The van der Waals surface area contributed by atoms with Crippen LogP contribution >= 0.6 is 0 Å². The smallest absolute Gasteiger partial charge is 0.142 e. The molecule has 1 aromatic carbocycles. The van der Waals surface area contributed by atoms with E-state index in [0.29, 0.717) is 18.0 Å². The van der Waals surface area contributed by atoms with Gasteiger partial charge in [-0.05, 0) is 6.07 Å². The number of benzene rings is 1. The Morgan fingerprint density at radius 2 is 2.23 bits per heavy atom. The highest BCUT2D eigenvalue weighted by Crippen LogP contribution is 2.36. The molecule has 4 nitrogen and oxygen atoms in total. The number of rotatable bonds is 0. The Hall–Kier alpha value is -1.42. The van der Waals surface area contributed by atoms with Gasteiger partial charge in [-0.15, -0.1) is 0 Å². The van der Waals surface area contributed by atoms with E-state index in [0.717, 1.165) is 12.0 Å². The van der Waals surface area contributed by atoms with Crippen LogP contribution in [0.1, 0.15) is 18.0 Å². The highest BCUT2D eigenvalue weighted by atomic mass is 16.5. The number of hydrogen-bond acceptors (Lipinski definition) is 4. The maximum Gasteiger partial charge on any atom is 0.142 e. The SMILES string of the molecule is Nc1cc2c(cc1O)OCC[C@H]2N. The second-order valence-electron chi connectivity index (χ2n) is 3.19. The molecule has 70 valence electrons. The van der Waals surface area contributed by atoms with Crippen LogP contribution in [0.3, 0.4) is 0 Å². The van der Waals surface area contributed by atoms with E-state index < -0.39 is 0 Å². The Labute approximate surface area is 76.1 Å². The predicted octanol–water partition coefficient (Wildman–Crippen LogP) is 0.757. The summed E-state index contributed by atoms with van der Waals surface area (Å²) in [6.07, 6.45) is 0.789. The number of fused-ring (bicyclic) bond motifs is 1. The largest absolute Gasteiger partial charge is 0.506 e. The summed E-state index contributed by atoms with van der Waals surface area (Å²) in [6.45, 7) is 0.595. The van der Waals surface area contributed by atoms with Gasteiger partial charge in [0, 0.05) is 24.1 Å². The van der Waals surface area contributed by atoms with Crippen molar-refractivity contribution in [3.8, 4) is 11.5 Å². The number of anilines is 1. The first kappa shape index (κ1) is 8.19. The van der Waals surface area contributed by atoms with Crippen LogP contribution in [0, 0.1) is 0 Å². The Bertz CT molecular complexity index is 339. The van der Waals surface area contributed by atoms with Crippen LogP contribution in [-0.4, -0.2) is 11.7 Å². The zero-order valence-corrected chi connectivity index (χ0v) is 7.16. The Morgan fingerprint density at radius 3 is 3.00 bits per heavy atom. The molecule has 0 aromatic heterocycles. The molecule has 1 atom stereocenters. The topological polar surface area (TPSA) is 81.5 Å². The van der Waals surface area contributed by atoms with Crippen LogP contribution in [0.15, 0.2) is 12.1 Å². The van der Waals surface area contributed by atoms with Crippen molar-refractivity contribution in [3.63, 3.8) is 0 Å². The molecule has 5 N–H and O–H groups in total. The molecule has 13 heavy (non-hydrogen) atoms. The van der Waals surface area contributed by atoms with Crippen molar-refractivity contribution in [2.24, 2.45) is 5.73 Å². The van der Waals surface area contributed by atoms with Gasteiger partial charge in [-0.3, -0.25) is 0 Å². The van der Waals surface area contributed by atoms with Gasteiger partial charge in [-0.25, -0.2) is 0 Å². The highest BCUT2D eigenvalue weighted by Gasteiger charge is 2.19. The number of nitrogens with two attached hydrogens (primary N) is 2. The minimum absolute atomic E-state index is 0.0355. The number of phenols is 1. The van der Waals surface area contributed by atoms with Gasteiger partial charge < -0.3 is 21.3 Å². The van der Waals surface area contributed by atoms with Crippen LogP contribution in [-0.2, 0) is 0 Å². The van der Waals surface area contributed by atoms with Crippen molar-refractivity contribution in [2.45, 2.75) is 12.5 Å². The predicted molar refractivity (Wildman–Crippen MR) is 49.6 cm³/mol. The molecule has 0 radical (unpaired) electrons. The van der Waals surface area contributed by atoms with Crippen LogP contribution in [0.5, 0.6) is 11.5 Å². The van der Waals surface area contributed by atoms with Crippen LogP contribution in [0.2, 0.25) is 0 Å². The number of phenolic OH excluding ortho intramolecular Hbond substituents is 1. The lowest BCUT2D eigenvalue weighted by atomic mass is 10.0. The first-order chi connectivity index (χ1) is 6.18. The molecule has 2 rings (SSSR count). The number of ether oxygens (including phenoxy) is 1. The summed E-state index contributed by atoms with van der Waals surface area (Å²) in [6, 6.07) is 3.16. The van der Waals surface area contributed by atoms with E-state index >= 15 is 0 Å². The lowest BCUT2D eigenvalue weighted by Gasteiger charge is -2.23. The van der Waals surface area contributed by atoms with Gasteiger partial charge >= 0.3 is 0 Å². The van der Waals surface area contributed by atoms with Crippen molar-refractivity contribution < 1.29 is 9.84 Å². The molecule has 0 aliphatic carbocycles. The van der Waals surface area contributed by atoms with Crippen LogP contribution < -0.4 is 16.2 Å². The second kappa shape index (κ2) is 2.81. The average molecular weight is 180 g/mol. The van der Waals surface area contributed by atoms with E-state index in [2.05, 4.69) is 0 Å². The third kappa shape index (κ3) is 1.29. The van der Waals surface area contributed by atoms with Gasteiger partial charge in [0.15, 0.2) is 0 Å². The molecular formula is C9H12N2O2. The zero-order valence-electron chi connectivity index (χ0n) is 7.16. The molecule has 1 aliphatic rings. The molecule has 0 spiro atoms. The van der Waals surface area contributed by atoms with Gasteiger partial charge in [0.2, 0.25) is 0 Å². The third-order valence-electron chi connectivity index (χ3n) is 2.24. The molecule has 4 heteroatoms. The summed E-state index contributed by atoms with van der Waals surface area (Å²) < 4.78 is 5.33. The van der Waals surface area contributed by atoms with E-state index in [9.17, 15) is 5.11 Å². The summed E-state index contributed by atoms with van der Waals surface area (Å²) in [7, 11) is 0. The van der Waals surface area contributed by atoms with E-state index in [1.807, 2.05) is 0 Å². The van der Waals surface area contributed by atoms with Crippen molar-refractivity contribution >= 4 is 5.69 Å². The summed E-state index contributed by atoms with van der Waals surface area (Å²) in [5.74, 6) is 0.693. The summed E-state index contributed by atoms with van der Waals surface area (Å²) in [5, 5.41) is 9.32. The third-order valence-corrected chi connectivity index (χ3v) is 2.24. The lowest BCUT2D eigenvalue weighted by Crippen LogP contribution is -2.20. The Kier molecular flexibility index (Phi) is 1.77. The van der Waals surface area contributed by atoms with Crippen molar-refractivity contribution in [2.75, 3.05) is 12.3 Å². The Morgan fingerprint density at radius 1 is 1.46 bits per heavy atom. The molecule has 0 fully saturated rings. The molecule has 1 aromatic rings. The van der Waals surface area contributed by atoms with Gasteiger partial charge in [-0.1, -0.05) is 0 Å². The minimum atomic E-state index is -0.0355. The minimum Gasteiger partial charge on any atom is -0.506 e. The molecule has 0 amide bonds. The lowest BCUT2D eigenvalue weighted by molar-refractivity contribution is 0.267. The zero-order chi connectivity index (χ0) is 9.42. The van der Waals surface area contributed by atoms with E-state index in [1.165, 1.54) is 6.07 Å². The van der Waals surface area contributed by atoms with Gasteiger partial charge in [0.05, 0.1) is 12.3 Å². The number of aromatic hydroxyl groups is 1. The fourth-order valence-electron chi connectivity index (χ4n) is 1.47. The highest BCUT2D eigenvalue weighted by molar-refractivity contribution is 5.59. The molecule has 0 saturated heterocycles. The fourth-order valence-corrected chi connectivity index (χ4v) is 1.47. The molecule has 0 saturated carbocycles. The average Bonchev–Trinajstić information content (AvgIpc) is 2.09. The van der Waals surface area contributed by atoms with E-state index in [1.54, 1.807) is 6.07 Å². The normalized spacial score (nSPS) is 20.5. The maximum absolute atomic E-state index is 9.32. The molecule has 1 heterocycles. The number of hydrogen-bond donors (Lipinski definition) is 3. The fraction of sp³-hybridized carbons (Fsp3) is 0.333. The summed E-state index contributed by atoms with van der Waals surface area (Å²) in [4.78, 5) is 0. The first-order valence-electron chi connectivity index (χ1n) is 4.19. The van der Waals surface area contributed by atoms with Crippen LogP contribution in [0.25, 0.3) is 0 Å². The van der Waals surface area contributed by atoms with Crippen LogP contribution in [0.4, 0.5) is 5.69 Å². The van der Waals surface area contributed by atoms with Crippen molar-refractivity contribution in [1.82, 2.24) is 0 Å². The van der Waals surface area contributed by atoms with Gasteiger partial charge in [0.25, 0.3) is 0 Å². The monoisotopic (exact) mass is 180 g/mol. The van der Waals surface area contributed by atoms with Crippen molar-refractivity contribution in [1.29, 1.82) is 0 Å². The van der Waals surface area contributed by atoms with Gasteiger partial charge in [-0.2, -0.15) is 0 Å². The first-order valence-corrected chi connectivity index (χ1v) is 4.19. The van der Waals surface area contributed by atoms with Crippen molar-refractivity contribution in [3.05, 3.63) is 17.7 Å². The van der Waals surface area contributed by atoms with E-state index in [-0.39, 0.29) is 11.8 Å². The standard InChI is InChI=1S/C9H12N2O2/c10-6-1-2-13-9-4-8(12)7(11)3-5(6)9/h3-4,6,12H,1-2,10-11H2/t6-/m1/s1. The molecule has 0 bridgehead atoms. The number of nitrogen functional groups attached to an aromatic ring is 1. The summed E-state index contributed by atoms with van der Waals surface area (Å²) >= 11 is 0.